The lowest BCUT2D eigenvalue weighted by Crippen LogP contribution is -2.35. The molecule has 1 aromatic heterocycles. The standard InChI is InChI=1S/C17H30N2O/c1-3-12-18-13-16-10-11-17(20-16)14-19(4-2)15-8-6-5-7-9-15/h10-11,15,18H,3-9,12-14H2,1-2H3. The molecule has 1 aliphatic rings. The second-order valence-corrected chi connectivity index (χ2v) is 5.90. The molecule has 0 bridgehead atoms. The van der Waals surface area contributed by atoms with Crippen LogP contribution in [0.2, 0.25) is 0 Å². The average Bonchev–Trinajstić information content (AvgIpc) is 2.93. The fourth-order valence-corrected chi connectivity index (χ4v) is 3.14. The summed E-state index contributed by atoms with van der Waals surface area (Å²) in [5.74, 6) is 2.18. The van der Waals surface area contributed by atoms with Gasteiger partial charge in [0.1, 0.15) is 11.5 Å². The van der Waals surface area contributed by atoms with E-state index in [1.807, 2.05) is 0 Å². The van der Waals surface area contributed by atoms with E-state index in [0.717, 1.165) is 43.7 Å². The lowest BCUT2D eigenvalue weighted by molar-refractivity contribution is 0.144. The first-order chi connectivity index (χ1) is 9.83. The van der Waals surface area contributed by atoms with Crippen molar-refractivity contribution in [3.63, 3.8) is 0 Å². The molecule has 3 heteroatoms. The lowest BCUT2D eigenvalue weighted by atomic mass is 9.94. The van der Waals surface area contributed by atoms with Crippen LogP contribution in [-0.4, -0.2) is 24.0 Å². The topological polar surface area (TPSA) is 28.4 Å². The van der Waals surface area contributed by atoms with Crippen molar-refractivity contribution in [3.05, 3.63) is 23.7 Å². The van der Waals surface area contributed by atoms with Gasteiger partial charge in [0.2, 0.25) is 0 Å². The summed E-state index contributed by atoms with van der Waals surface area (Å²) in [6.45, 7) is 8.44. The van der Waals surface area contributed by atoms with Crippen LogP contribution in [0.4, 0.5) is 0 Å². The molecule has 0 aliphatic heterocycles. The van der Waals surface area contributed by atoms with Crippen LogP contribution in [0.5, 0.6) is 0 Å². The fraction of sp³-hybridized carbons (Fsp3) is 0.765. The van der Waals surface area contributed by atoms with E-state index in [4.69, 9.17) is 4.42 Å². The normalized spacial score (nSPS) is 16.9. The van der Waals surface area contributed by atoms with Crippen molar-refractivity contribution >= 4 is 0 Å². The SMILES string of the molecule is CCCNCc1ccc(CN(CC)C2CCCCC2)o1. The highest BCUT2D eigenvalue weighted by Crippen LogP contribution is 2.24. The van der Waals surface area contributed by atoms with Crippen LogP contribution in [0.3, 0.4) is 0 Å². The summed E-state index contributed by atoms with van der Waals surface area (Å²) in [5.41, 5.74) is 0. The Morgan fingerprint density at radius 1 is 1.15 bits per heavy atom. The molecule has 0 amide bonds. The van der Waals surface area contributed by atoms with Crippen LogP contribution in [0, 0.1) is 0 Å². The van der Waals surface area contributed by atoms with Gasteiger partial charge in [-0.3, -0.25) is 4.90 Å². The number of nitrogens with one attached hydrogen (secondary N) is 1. The van der Waals surface area contributed by atoms with E-state index in [1.54, 1.807) is 0 Å². The van der Waals surface area contributed by atoms with E-state index in [1.165, 1.54) is 38.5 Å². The van der Waals surface area contributed by atoms with E-state index < -0.39 is 0 Å². The molecule has 0 radical (unpaired) electrons. The Bertz CT molecular complexity index is 369. The van der Waals surface area contributed by atoms with Crippen molar-refractivity contribution in [1.29, 1.82) is 0 Å². The van der Waals surface area contributed by atoms with Crippen molar-refractivity contribution in [2.24, 2.45) is 0 Å². The third kappa shape index (κ3) is 4.64. The van der Waals surface area contributed by atoms with E-state index in [-0.39, 0.29) is 0 Å². The maximum absolute atomic E-state index is 5.95. The molecule has 1 fully saturated rings. The van der Waals surface area contributed by atoms with E-state index >= 15 is 0 Å². The second kappa shape index (κ2) is 8.48. The molecule has 20 heavy (non-hydrogen) atoms. The summed E-state index contributed by atoms with van der Waals surface area (Å²) in [4.78, 5) is 2.58. The largest absolute Gasteiger partial charge is 0.463 e. The Balaban J connectivity index is 1.84. The van der Waals surface area contributed by atoms with Crippen molar-refractivity contribution in [1.82, 2.24) is 10.2 Å². The summed E-state index contributed by atoms with van der Waals surface area (Å²) < 4.78 is 5.95. The maximum atomic E-state index is 5.95. The highest BCUT2D eigenvalue weighted by Gasteiger charge is 2.20. The molecule has 114 valence electrons. The highest BCUT2D eigenvalue weighted by molar-refractivity contribution is 5.07. The molecule has 1 aromatic rings. The Kier molecular flexibility index (Phi) is 6.61. The molecule has 2 rings (SSSR count). The highest BCUT2D eigenvalue weighted by atomic mass is 16.3. The van der Waals surface area contributed by atoms with Crippen molar-refractivity contribution < 1.29 is 4.42 Å². The Labute approximate surface area is 123 Å². The first-order valence-corrected chi connectivity index (χ1v) is 8.35. The molecule has 0 unspecified atom stereocenters. The molecule has 3 nitrogen and oxygen atoms in total. The minimum Gasteiger partial charge on any atom is -0.463 e. The van der Waals surface area contributed by atoms with Crippen molar-refractivity contribution in [2.75, 3.05) is 13.1 Å². The van der Waals surface area contributed by atoms with Gasteiger partial charge < -0.3 is 9.73 Å². The number of nitrogens with zero attached hydrogens (tertiary/aromatic N) is 1. The summed E-state index contributed by atoms with van der Waals surface area (Å²) in [5, 5.41) is 3.39. The van der Waals surface area contributed by atoms with Gasteiger partial charge in [0, 0.05) is 6.04 Å². The van der Waals surface area contributed by atoms with Crippen LogP contribution < -0.4 is 5.32 Å². The lowest BCUT2D eigenvalue weighted by Gasteiger charge is -2.32. The van der Waals surface area contributed by atoms with Gasteiger partial charge >= 0.3 is 0 Å². The van der Waals surface area contributed by atoms with Crippen molar-refractivity contribution in [3.8, 4) is 0 Å². The Morgan fingerprint density at radius 3 is 2.60 bits per heavy atom. The summed E-state index contributed by atoms with van der Waals surface area (Å²) in [7, 11) is 0. The summed E-state index contributed by atoms with van der Waals surface area (Å²) in [6.07, 6.45) is 8.09. The molecule has 1 aliphatic carbocycles. The van der Waals surface area contributed by atoms with Gasteiger partial charge in [-0.2, -0.15) is 0 Å². The van der Waals surface area contributed by atoms with Gasteiger partial charge in [-0.15, -0.1) is 0 Å². The van der Waals surface area contributed by atoms with Gasteiger partial charge in [0.25, 0.3) is 0 Å². The quantitative estimate of drug-likeness (QED) is 0.730. The predicted octanol–water partition coefficient (Wildman–Crippen LogP) is 3.93. The maximum Gasteiger partial charge on any atom is 0.118 e. The summed E-state index contributed by atoms with van der Waals surface area (Å²) >= 11 is 0. The number of hydrogen-bond acceptors (Lipinski definition) is 3. The van der Waals surface area contributed by atoms with E-state index in [2.05, 4.69) is 36.2 Å². The molecule has 0 aromatic carbocycles. The third-order valence-corrected chi connectivity index (χ3v) is 4.30. The fourth-order valence-electron chi connectivity index (χ4n) is 3.14. The Morgan fingerprint density at radius 2 is 1.90 bits per heavy atom. The monoisotopic (exact) mass is 278 g/mol. The smallest absolute Gasteiger partial charge is 0.118 e. The Hall–Kier alpha value is -0.800. The zero-order valence-corrected chi connectivity index (χ0v) is 13.2. The van der Waals surface area contributed by atoms with Gasteiger partial charge in [-0.25, -0.2) is 0 Å². The van der Waals surface area contributed by atoms with Crippen LogP contribution in [0.1, 0.15) is 63.9 Å². The summed E-state index contributed by atoms with van der Waals surface area (Å²) in [6, 6.07) is 5.03. The minimum atomic E-state index is 0.764. The number of furan rings is 1. The number of rotatable bonds is 8. The molecule has 1 heterocycles. The van der Waals surface area contributed by atoms with E-state index in [0.29, 0.717) is 0 Å². The van der Waals surface area contributed by atoms with Crippen molar-refractivity contribution in [2.45, 2.75) is 71.5 Å². The zero-order valence-electron chi connectivity index (χ0n) is 13.2. The second-order valence-electron chi connectivity index (χ2n) is 5.90. The van der Waals surface area contributed by atoms with Gasteiger partial charge in [0.15, 0.2) is 0 Å². The first-order valence-electron chi connectivity index (χ1n) is 8.35. The molecule has 0 spiro atoms. The van der Waals surface area contributed by atoms with Crippen LogP contribution >= 0.6 is 0 Å². The van der Waals surface area contributed by atoms with E-state index in [9.17, 15) is 0 Å². The van der Waals surface area contributed by atoms with Gasteiger partial charge in [-0.05, 0) is 44.5 Å². The first kappa shape index (κ1) is 15.6. The minimum absolute atomic E-state index is 0.764. The third-order valence-electron chi connectivity index (χ3n) is 4.30. The molecular weight excluding hydrogens is 248 g/mol. The molecule has 1 N–H and O–H groups in total. The van der Waals surface area contributed by atoms with Crippen LogP contribution in [-0.2, 0) is 13.1 Å². The zero-order chi connectivity index (χ0) is 14.2. The van der Waals surface area contributed by atoms with Gasteiger partial charge in [-0.1, -0.05) is 33.1 Å². The van der Waals surface area contributed by atoms with Gasteiger partial charge in [0.05, 0.1) is 13.1 Å². The van der Waals surface area contributed by atoms with Crippen LogP contribution in [0.15, 0.2) is 16.5 Å². The number of hydrogen-bond donors (Lipinski definition) is 1. The molecular formula is C17H30N2O. The molecule has 0 atom stereocenters. The van der Waals surface area contributed by atoms with Crippen LogP contribution in [0.25, 0.3) is 0 Å². The molecule has 1 saturated carbocycles. The predicted molar refractivity (Wildman–Crippen MR) is 83.7 cm³/mol. The average molecular weight is 278 g/mol. The molecule has 0 saturated heterocycles.